The monoisotopic (exact) mass is 299 g/mol. The summed E-state index contributed by atoms with van der Waals surface area (Å²) < 4.78 is 1.44. The van der Waals surface area contributed by atoms with E-state index in [2.05, 4.69) is 41.9 Å². The molecule has 1 nitrogen and oxygen atoms in total. The minimum absolute atomic E-state index is 0.707. The van der Waals surface area contributed by atoms with Crippen molar-refractivity contribution in [2.45, 2.75) is 45.1 Å². The first-order valence-electron chi connectivity index (χ1n) is 8.57. The number of hydrogen-bond acceptors (Lipinski definition) is 2. The Bertz CT molecular complexity index is 607. The molecule has 0 amide bonds. The quantitative estimate of drug-likeness (QED) is 0.803. The number of fused-ring (bicyclic) bond motifs is 2. The zero-order chi connectivity index (χ0) is 14.2. The highest BCUT2D eigenvalue weighted by atomic mass is 32.1. The number of benzene rings is 1. The van der Waals surface area contributed by atoms with Gasteiger partial charge in [-0.05, 0) is 72.4 Å². The lowest BCUT2D eigenvalue weighted by molar-refractivity contribution is 0.404. The van der Waals surface area contributed by atoms with Crippen LogP contribution in [0.15, 0.2) is 29.6 Å². The molecule has 2 aliphatic rings. The van der Waals surface area contributed by atoms with Crippen molar-refractivity contribution in [3.63, 3.8) is 0 Å². The molecule has 0 bridgehead atoms. The third-order valence-corrected chi connectivity index (χ3v) is 6.61. The van der Waals surface area contributed by atoms with Crippen LogP contribution in [0.2, 0.25) is 0 Å². The Kier molecular flexibility index (Phi) is 3.76. The van der Waals surface area contributed by atoms with Crippen LogP contribution >= 0.6 is 11.3 Å². The van der Waals surface area contributed by atoms with Crippen LogP contribution in [0.3, 0.4) is 0 Å². The van der Waals surface area contributed by atoms with E-state index in [1.807, 2.05) is 11.3 Å². The van der Waals surface area contributed by atoms with Crippen molar-refractivity contribution in [3.05, 3.63) is 35.2 Å². The second kappa shape index (κ2) is 5.73. The van der Waals surface area contributed by atoms with Crippen molar-refractivity contribution in [2.75, 3.05) is 6.54 Å². The lowest BCUT2D eigenvalue weighted by Crippen LogP contribution is -2.35. The van der Waals surface area contributed by atoms with Gasteiger partial charge in [0.25, 0.3) is 0 Å². The van der Waals surface area contributed by atoms with Crippen LogP contribution in [-0.2, 0) is 6.42 Å². The fourth-order valence-electron chi connectivity index (χ4n) is 4.58. The van der Waals surface area contributed by atoms with Crippen molar-refractivity contribution in [2.24, 2.45) is 17.8 Å². The summed E-state index contributed by atoms with van der Waals surface area (Å²) in [6.07, 6.45) is 6.92. The van der Waals surface area contributed by atoms with Gasteiger partial charge in [0.15, 0.2) is 0 Å². The molecule has 2 aliphatic carbocycles. The Morgan fingerprint density at radius 3 is 2.86 bits per heavy atom. The van der Waals surface area contributed by atoms with E-state index in [4.69, 9.17) is 0 Å². The second-order valence-electron chi connectivity index (χ2n) is 6.86. The minimum atomic E-state index is 0.707. The van der Waals surface area contributed by atoms with Crippen LogP contribution in [0.1, 0.15) is 38.2 Å². The van der Waals surface area contributed by atoms with Gasteiger partial charge in [-0.15, -0.1) is 11.3 Å². The van der Waals surface area contributed by atoms with Gasteiger partial charge in [-0.25, -0.2) is 0 Å². The Labute approximate surface area is 131 Å². The summed E-state index contributed by atoms with van der Waals surface area (Å²) in [6.45, 7) is 3.44. The molecule has 0 spiro atoms. The lowest BCUT2D eigenvalue weighted by atomic mass is 9.96. The normalized spacial score (nSPS) is 28.7. The van der Waals surface area contributed by atoms with Gasteiger partial charge in [0.2, 0.25) is 0 Å². The molecule has 3 unspecified atom stereocenters. The number of rotatable bonds is 6. The van der Waals surface area contributed by atoms with E-state index in [9.17, 15) is 0 Å². The van der Waals surface area contributed by atoms with Gasteiger partial charge in [0.05, 0.1) is 0 Å². The van der Waals surface area contributed by atoms with Gasteiger partial charge >= 0.3 is 0 Å². The maximum atomic E-state index is 3.87. The van der Waals surface area contributed by atoms with Crippen LogP contribution in [0.25, 0.3) is 10.1 Å². The van der Waals surface area contributed by atoms with Gasteiger partial charge < -0.3 is 5.32 Å². The lowest BCUT2D eigenvalue weighted by Gasteiger charge is -2.20. The maximum Gasteiger partial charge on any atom is 0.0345 e. The Balaban J connectivity index is 1.53. The molecule has 4 rings (SSSR count). The molecule has 21 heavy (non-hydrogen) atoms. The summed E-state index contributed by atoms with van der Waals surface area (Å²) >= 11 is 1.91. The molecule has 112 valence electrons. The van der Waals surface area contributed by atoms with Crippen LogP contribution < -0.4 is 5.32 Å². The molecular weight excluding hydrogens is 274 g/mol. The third-order valence-electron chi connectivity index (χ3n) is 5.59. The molecule has 3 atom stereocenters. The van der Waals surface area contributed by atoms with Crippen LogP contribution in [0, 0.1) is 17.8 Å². The highest BCUT2D eigenvalue weighted by Crippen LogP contribution is 2.59. The van der Waals surface area contributed by atoms with E-state index in [1.54, 1.807) is 5.56 Å². The zero-order valence-corrected chi connectivity index (χ0v) is 13.7. The first-order chi connectivity index (χ1) is 10.4. The predicted octanol–water partition coefficient (Wildman–Crippen LogP) is 4.86. The molecule has 2 saturated carbocycles. The third kappa shape index (κ3) is 2.53. The molecule has 1 aromatic carbocycles. The second-order valence-corrected chi connectivity index (χ2v) is 7.77. The fraction of sp³-hybridized carbons (Fsp3) is 0.579. The number of hydrogen-bond donors (Lipinski definition) is 1. The van der Waals surface area contributed by atoms with Crippen molar-refractivity contribution in [3.8, 4) is 0 Å². The molecular formula is C19H25NS. The summed E-state index contributed by atoms with van der Waals surface area (Å²) in [5.74, 6) is 3.05. The topological polar surface area (TPSA) is 12.0 Å². The molecule has 1 heterocycles. The van der Waals surface area contributed by atoms with Gasteiger partial charge in [0.1, 0.15) is 0 Å². The SMILES string of the molecule is CCCNC(Cc1csc2ccccc12)C1C2CCCC21. The summed E-state index contributed by atoms with van der Waals surface area (Å²) in [7, 11) is 0. The molecule has 2 aromatic rings. The molecule has 0 radical (unpaired) electrons. The van der Waals surface area contributed by atoms with E-state index in [1.165, 1.54) is 48.7 Å². The number of thiophene rings is 1. The minimum Gasteiger partial charge on any atom is -0.313 e. The molecule has 1 aromatic heterocycles. The van der Waals surface area contributed by atoms with E-state index >= 15 is 0 Å². The first-order valence-corrected chi connectivity index (χ1v) is 9.45. The molecule has 2 fully saturated rings. The molecule has 0 aliphatic heterocycles. The smallest absolute Gasteiger partial charge is 0.0345 e. The summed E-state index contributed by atoms with van der Waals surface area (Å²) in [5.41, 5.74) is 1.56. The maximum absolute atomic E-state index is 3.87. The van der Waals surface area contributed by atoms with Crippen LogP contribution in [0.4, 0.5) is 0 Å². The van der Waals surface area contributed by atoms with Crippen molar-refractivity contribution in [1.82, 2.24) is 5.32 Å². The van der Waals surface area contributed by atoms with Crippen molar-refractivity contribution < 1.29 is 0 Å². The van der Waals surface area contributed by atoms with Gasteiger partial charge in [0, 0.05) is 10.7 Å². The van der Waals surface area contributed by atoms with E-state index < -0.39 is 0 Å². The average molecular weight is 299 g/mol. The predicted molar refractivity (Wildman–Crippen MR) is 91.9 cm³/mol. The molecule has 1 N–H and O–H groups in total. The summed E-state index contributed by atoms with van der Waals surface area (Å²) in [4.78, 5) is 0. The zero-order valence-electron chi connectivity index (χ0n) is 12.8. The van der Waals surface area contributed by atoms with Gasteiger partial charge in [-0.3, -0.25) is 0 Å². The Morgan fingerprint density at radius 1 is 1.24 bits per heavy atom. The van der Waals surface area contributed by atoms with Gasteiger partial charge in [-0.1, -0.05) is 31.5 Å². The summed E-state index contributed by atoms with van der Waals surface area (Å²) in [6, 6.07) is 9.59. The first kappa shape index (κ1) is 13.8. The van der Waals surface area contributed by atoms with Crippen LogP contribution in [0.5, 0.6) is 0 Å². The van der Waals surface area contributed by atoms with Crippen molar-refractivity contribution in [1.29, 1.82) is 0 Å². The Morgan fingerprint density at radius 2 is 2.05 bits per heavy atom. The number of nitrogens with one attached hydrogen (secondary N) is 1. The molecule has 0 saturated heterocycles. The van der Waals surface area contributed by atoms with E-state index in [0.717, 1.165) is 17.8 Å². The standard InChI is InChI=1S/C19H25NS/c1-2-10-20-17(19-15-7-5-8-16(15)19)11-13-12-21-18-9-4-3-6-14(13)18/h3-4,6,9,12,15-17,19-20H,2,5,7-8,10-11H2,1H3. The van der Waals surface area contributed by atoms with Gasteiger partial charge in [-0.2, -0.15) is 0 Å². The van der Waals surface area contributed by atoms with Crippen molar-refractivity contribution >= 4 is 21.4 Å². The fourth-order valence-corrected chi connectivity index (χ4v) is 5.55. The van der Waals surface area contributed by atoms with Crippen LogP contribution in [-0.4, -0.2) is 12.6 Å². The average Bonchev–Trinajstić information content (AvgIpc) is 2.90. The highest BCUT2D eigenvalue weighted by Gasteiger charge is 2.55. The van der Waals surface area contributed by atoms with E-state index in [-0.39, 0.29) is 0 Å². The molecule has 2 heteroatoms. The summed E-state index contributed by atoms with van der Waals surface area (Å²) in [5, 5.41) is 7.74. The highest BCUT2D eigenvalue weighted by molar-refractivity contribution is 7.17. The largest absolute Gasteiger partial charge is 0.313 e. The Hall–Kier alpha value is -0.860. The van der Waals surface area contributed by atoms with E-state index in [0.29, 0.717) is 6.04 Å².